The molecule has 54 valence electrons. The SMILES string of the molecule is CSc1[s+]sc(C=O)c1C. The first-order valence-corrected chi connectivity index (χ1v) is 6.09. The topological polar surface area (TPSA) is 17.1 Å². The highest BCUT2D eigenvalue weighted by atomic mass is 32.9. The summed E-state index contributed by atoms with van der Waals surface area (Å²) >= 11 is 1.70. The summed E-state index contributed by atoms with van der Waals surface area (Å²) in [4.78, 5) is 11.2. The highest BCUT2D eigenvalue weighted by Gasteiger charge is 2.18. The van der Waals surface area contributed by atoms with Crippen LogP contribution < -0.4 is 0 Å². The van der Waals surface area contributed by atoms with Crippen molar-refractivity contribution < 1.29 is 4.79 Å². The number of carbonyl (C=O) groups excluding carboxylic acids is 1. The third-order valence-electron chi connectivity index (χ3n) is 1.18. The summed E-state index contributed by atoms with van der Waals surface area (Å²) in [6, 6.07) is 0. The number of hydrogen-bond acceptors (Lipinski definition) is 3. The zero-order valence-electron chi connectivity index (χ0n) is 5.71. The molecule has 1 aromatic heterocycles. The van der Waals surface area contributed by atoms with Gasteiger partial charge in [0.15, 0.2) is 16.6 Å². The minimum atomic E-state index is 0.870. The van der Waals surface area contributed by atoms with Crippen molar-refractivity contribution in [2.45, 2.75) is 11.1 Å². The number of aldehydes is 1. The Bertz CT molecular complexity index is 241. The van der Waals surface area contributed by atoms with Crippen molar-refractivity contribution in [2.75, 3.05) is 6.26 Å². The second-order valence-corrected chi connectivity index (χ2v) is 5.02. The van der Waals surface area contributed by atoms with Gasteiger partial charge in [0.25, 0.3) is 4.21 Å². The quantitative estimate of drug-likeness (QED) is 0.309. The molecule has 0 bridgehead atoms. The molecule has 4 heteroatoms. The van der Waals surface area contributed by atoms with Crippen molar-refractivity contribution in [1.29, 1.82) is 0 Å². The van der Waals surface area contributed by atoms with Gasteiger partial charge in [-0.3, -0.25) is 4.79 Å². The molecule has 0 spiro atoms. The van der Waals surface area contributed by atoms with Crippen molar-refractivity contribution in [1.82, 2.24) is 0 Å². The highest BCUT2D eigenvalue weighted by Crippen LogP contribution is 2.33. The zero-order chi connectivity index (χ0) is 7.56. The molecule has 10 heavy (non-hydrogen) atoms. The Hall–Kier alpha value is 0.0700. The van der Waals surface area contributed by atoms with E-state index in [1.807, 2.05) is 13.2 Å². The molecular formula is C6H7OS3+. The van der Waals surface area contributed by atoms with E-state index in [2.05, 4.69) is 0 Å². The van der Waals surface area contributed by atoms with Crippen LogP contribution in [0.2, 0.25) is 0 Å². The monoisotopic (exact) mass is 191 g/mol. The molecule has 0 N–H and O–H groups in total. The Balaban J connectivity index is 3.08. The van der Waals surface area contributed by atoms with Gasteiger partial charge < -0.3 is 0 Å². The molecule has 0 aliphatic carbocycles. The summed E-state index contributed by atoms with van der Waals surface area (Å²) in [5, 5.41) is 0. The maximum Gasteiger partial charge on any atom is 0.308 e. The molecule has 1 aromatic rings. The maximum absolute atomic E-state index is 10.4. The van der Waals surface area contributed by atoms with Gasteiger partial charge in [-0.15, -0.1) is 0 Å². The van der Waals surface area contributed by atoms with E-state index in [9.17, 15) is 4.79 Å². The highest BCUT2D eigenvalue weighted by molar-refractivity contribution is 8.02. The molecule has 0 saturated heterocycles. The molecular weight excluding hydrogens is 184 g/mol. The number of hydrogen-bond donors (Lipinski definition) is 0. The van der Waals surface area contributed by atoms with Crippen molar-refractivity contribution in [3.05, 3.63) is 10.4 Å². The Kier molecular flexibility index (Phi) is 2.82. The Morgan fingerprint density at radius 2 is 2.40 bits per heavy atom. The summed E-state index contributed by atoms with van der Waals surface area (Å²) in [6.07, 6.45) is 2.95. The number of rotatable bonds is 2. The van der Waals surface area contributed by atoms with Gasteiger partial charge in [-0.25, -0.2) is 0 Å². The normalized spacial score (nSPS) is 9.80. The summed E-state index contributed by atoms with van der Waals surface area (Å²) in [7, 11) is 3.23. The van der Waals surface area contributed by atoms with Crippen LogP contribution in [0.5, 0.6) is 0 Å². The molecule has 0 atom stereocenters. The van der Waals surface area contributed by atoms with E-state index in [-0.39, 0.29) is 0 Å². The first kappa shape index (κ1) is 8.17. The first-order valence-electron chi connectivity index (χ1n) is 2.71. The van der Waals surface area contributed by atoms with Gasteiger partial charge in [-0.1, -0.05) is 11.8 Å². The predicted octanol–water partition coefficient (Wildman–Crippen LogP) is 2.93. The van der Waals surface area contributed by atoms with Crippen molar-refractivity contribution >= 4 is 38.7 Å². The Morgan fingerprint density at radius 1 is 1.70 bits per heavy atom. The molecule has 0 aliphatic rings. The van der Waals surface area contributed by atoms with E-state index >= 15 is 0 Å². The van der Waals surface area contributed by atoms with Gasteiger partial charge in [0, 0.05) is 5.56 Å². The predicted molar refractivity (Wildman–Crippen MR) is 48.5 cm³/mol. The second kappa shape index (κ2) is 3.46. The standard InChI is InChI=1S/C6H7OS3/c1-4-5(3-7)9-10-6(4)8-2/h3H,1-2H3/q+1. The molecule has 0 radical (unpaired) electrons. The van der Waals surface area contributed by atoms with Gasteiger partial charge in [-0.05, 0) is 13.2 Å². The van der Waals surface area contributed by atoms with Crippen LogP contribution >= 0.6 is 32.4 Å². The van der Waals surface area contributed by atoms with Crippen LogP contribution in [-0.2, 0) is 0 Å². The van der Waals surface area contributed by atoms with Gasteiger partial charge in [0.2, 0.25) is 0 Å². The molecule has 0 amide bonds. The summed E-state index contributed by atoms with van der Waals surface area (Å²) in [5.41, 5.74) is 1.14. The molecule has 1 heterocycles. The molecule has 1 nitrogen and oxygen atoms in total. The van der Waals surface area contributed by atoms with Crippen molar-refractivity contribution in [3.8, 4) is 0 Å². The molecule has 1 rings (SSSR count). The van der Waals surface area contributed by atoms with Gasteiger partial charge in [0.1, 0.15) is 4.88 Å². The molecule has 0 saturated carbocycles. The third kappa shape index (κ3) is 1.38. The third-order valence-corrected chi connectivity index (χ3v) is 5.33. The second-order valence-electron chi connectivity index (χ2n) is 1.77. The lowest BCUT2D eigenvalue weighted by Gasteiger charge is -1.80. The van der Waals surface area contributed by atoms with E-state index in [1.54, 1.807) is 32.4 Å². The summed E-state index contributed by atoms with van der Waals surface area (Å²) in [6.45, 7) is 1.99. The number of thioether (sulfide) groups is 1. The summed E-state index contributed by atoms with van der Waals surface area (Å²) in [5.74, 6) is 0. The van der Waals surface area contributed by atoms with Crippen LogP contribution in [-0.4, -0.2) is 12.5 Å². The average Bonchev–Trinajstić information content (AvgIpc) is 2.30. The average molecular weight is 191 g/mol. The van der Waals surface area contributed by atoms with E-state index in [4.69, 9.17) is 0 Å². The zero-order valence-corrected chi connectivity index (χ0v) is 8.16. The van der Waals surface area contributed by atoms with Crippen molar-refractivity contribution in [2.24, 2.45) is 0 Å². The Labute approximate surface area is 71.5 Å². The van der Waals surface area contributed by atoms with Crippen LogP contribution in [0.15, 0.2) is 4.21 Å². The van der Waals surface area contributed by atoms with E-state index in [0.717, 1.165) is 16.7 Å². The lowest BCUT2D eigenvalue weighted by atomic mass is 10.3. The van der Waals surface area contributed by atoms with Crippen molar-refractivity contribution in [3.63, 3.8) is 0 Å². The van der Waals surface area contributed by atoms with Gasteiger partial charge in [-0.2, -0.15) is 0 Å². The minimum Gasteiger partial charge on any atom is -0.297 e. The Morgan fingerprint density at radius 3 is 2.70 bits per heavy atom. The van der Waals surface area contributed by atoms with Crippen LogP contribution in [0, 0.1) is 6.92 Å². The van der Waals surface area contributed by atoms with Crippen LogP contribution in [0.1, 0.15) is 15.2 Å². The van der Waals surface area contributed by atoms with E-state index in [1.165, 1.54) is 4.21 Å². The lowest BCUT2D eigenvalue weighted by molar-refractivity contribution is 0.112. The first-order chi connectivity index (χ1) is 4.79. The fraction of sp³-hybridized carbons (Fsp3) is 0.333. The largest absolute Gasteiger partial charge is 0.308 e. The number of carbonyl (C=O) groups is 1. The van der Waals surface area contributed by atoms with Gasteiger partial charge >= 0.3 is 10.3 Å². The minimum absolute atomic E-state index is 0.870. The lowest BCUT2D eigenvalue weighted by Crippen LogP contribution is -1.76. The molecule has 0 unspecified atom stereocenters. The molecule has 0 aliphatic heterocycles. The van der Waals surface area contributed by atoms with Crippen LogP contribution in [0.3, 0.4) is 0 Å². The van der Waals surface area contributed by atoms with Crippen LogP contribution in [0.25, 0.3) is 0 Å². The molecule has 0 aromatic carbocycles. The summed E-state index contributed by atoms with van der Waals surface area (Å²) < 4.78 is 1.26. The van der Waals surface area contributed by atoms with E-state index < -0.39 is 0 Å². The van der Waals surface area contributed by atoms with Gasteiger partial charge in [0.05, 0.1) is 0 Å². The maximum atomic E-state index is 10.4. The fourth-order valence-electron chi connectivity index (χ4n) is 0.603. The smallest absolute Gasteiger partial charge is 0.297 e. The van der Waals surface area contributed by atoms with Crippen LogP contribution in [0.4, 0.5) is 0 Å². The van der Waals surface area contributed by atoms with E-state index in [0.29, 0.717) is 0 Å². The fourth-order valence-corrected chi connectivity index (χ4v) is 4.37. The molecule has 0 fully saturated rings.